The first-order valence-electron chi connectivity index (χ1n) is 9.76. The van der Waals surface area contributed by atoms with Gasteiger partial charge in [-0.1, -0.05) is 12.1 Å². The number of amides is 1. The summed E-state index contributed by atoms with van der Waals surface area (Å²) in [5.74, 6) is 1.03. The molecule has 29 heavy (non-hydrogen) atoms. The fraction of sp³-hybridized carbons (Fsp3) is 0.381. The number of carbonyl (C=O) groups excluding carboxylic acids is 1. The van der Waals surface area contributed by atoms with E-state index in [-0.39, 0.29) is 16.8 Å². The Kier molecular flexibility index (Phi) is 5.47. The molecule has 0 radical (unpaired) electrons. The second-order valence-electron chi connectivity index (χ2n) is 7.24. The number of rotatable bonds is 5. The summed E-state index contributed by atoms with van der Waals surface area (Å²) in [4.78, 5) is 12.9. The second kappa shape index (κ2) is 8.04. The lowest BCUT2D eigenvalue weighted by Crippen LogP contribution is -2.29. The average Bonchev–Trinajstić information content (AvgIpc) is 3.29. The quantitative estimate of drug-likeness (QED) is 0.810. The van der Waals surface area contributed by atoms with Crippen molar-refractivity contribution >= 4 is 15.9 Å². The molecule has 2 aliphatic rings. The van der Waals surface area contributed by atoms with Crippen LogP contribution in [-0.4, -0.2) is 44.9 Å². The van der Waals surface area contributed by atoms with Gasteiger partial charge in [-0.25, -0.2) is 8.42 Å². The molecule has 4 rings (SSSR count). The van der Waals surface area contributed by atoms with Crippen molar-refractivity contribution in [1.82, 2.24) is 9.62 Å². The molecule has 1 fully saturated rings. The van der Waals surface area contributed by atoms with Crippen molar-refractivity contribution in [3.05, 3.63) is 53.6 Å². The molecule has 2 aromatic carbocycles. The van der Waals surface area contributed by atoms with E-state index in [0.29, 0.717) is 43.4 Å². The normalized spacial score (nSPS) is 17.7. The van der Waals surface area contributed by atoms with Crippen molar-refractivity contribution in [2.45, 2.75) is 30.7 Å². The molecule has 1 saturated heterocycles. The predicted molar refractivity (Wildman–Crippen MR) is 108 cm³/mol. The van der Waals surface area contributed by atoms with E-state index in [4.69, 9.17) is 9.47 Å². The summed E-state index contributed by atoms with van der Waals surface area (Å²) in [6.45, 7) is 3.94. The Labute approximate surface area is 170 Å². The van der Waals surface area contributed by atoms with E-state index >= 15 is 0 Å². The Hall–Kier alpha value is -2.58. The Bertz CT molecular complexity index is 1020. The van der Waals surface area contributed by atoms with E-state index < -0.39 is 10.0 Å². The molecule has 154 valence electrons. The number of hydrogen-bond donors (Lipinski definition) is 1. The number of nitrogens with zero attached hydrogens (tertiary/aromatic N) is 1. The van der Waals surface area contributed by atoms with E-state index in [0.717, 1.165) is 18.4 Å². The van der Waals surface area contributed by atoms with Gasteiger partial charge in [-0.15, -0.1) is 0 Å². The van der Waals surface area contributed by atoms with Gasteiger partial charge in [-0.05, 0) is 55.7 Å². The highest BCUT2D eigenvalue weighted by Crippen LogP contribution is 2.32. The topological polar surface area (TPSA) is 84.9 Å². The lowest BCUT2D eigenvalue weighted by molar-refractivity contribution is 0.0939. The minimum atomic E-state index is -3.56. The molecule has 2 aromatic rings. The van der Waals surface area contributed by atoms with Crippen LogP contribution in [0.1, 0.15) is 41.7 Å². The van der Waals surface area contributed by atoms with Crippen molar-refractivity contribution in [3.8, 4) is 11.5 Å². The molecule has 1 atom stereocenters. The molecule has 1 N–H and O–H groups in total. The lowest BCUT2D eigenvalue weighted by atomic mass is 10.1. The van der Waals surface area contributed by atoms with E-state index in [9.17, 15) is 13.2 Å². The van der Waals surface area contributed by atoms with Crippen LogP contribution in [0.3, 0.4) is 0 Å². The summed E-state index contributed by atoms with van der Waals surface area (Å²) in [5.41, 5.74) is 1.19. The Morgan fingerprint density at radius 1 is 1.03 bits per heavy atom. The monoisotopic (exact) mass is 416 g/mol. The molecular formula is C21H24N2O5S. The van der Waals surface area contributed by atoms with Crippen LogP contribution < -0.4 is 14.8 Å². The summed E-state index contributed by atoms with van der Waals surface area (Å²) in [7, 11) is -3.56. The van der Waals surface area contributed by atoms with Crippen LogP contribution in [0.4, 0.5) is 0 Å². The molecule has 2 heterocycles. The maximum atomic E-state index is 12.8. The maximum absolute atomic E-state index is 12.8. The minimum Gasteiger partial charge on any atom is -0.486 e. The molecule has 7 nitrogen and oxygen atoms in total. The van der Waals surface area contributed by atoms with Crippen LogP contribution >= 0.6 is 0 Å². The van der Waals surface area contributed by atoms with Crippen LogP contribution in [0, 0.1) is 0 Å². The largest absolute Gasteiger partial charge is 0.486 e. The first kappa shape index (κ1) is 19.7. The number of sulfonamides is 1. The molecule has 0 bridgehead atoms. The van der Waals surface area contributed by atoms with Gasteiger partial charge in [0.15, 0.2) is 11.5 Å². The second-order valence-corrected chi connectivity index (χ2v) is 9.18. The van der Waals surface area contributed by atoms with Crippen LogP contribution in [0.2, 0.25) is 0 Å². The predicted octanol–water partition coefficient (Wildman–Crippen LogP) is 2.73. The van der Waals surface area contributed by atoms with Gasteiger partial charge >= 0.3 is 0 Å². The number of nitrogens with one attached hydrogen (secondary N) is 1. The third-order valence-corrected chi connectivity index (χ3v) is 7.11. The molecule has 1 unspecified atom stereocenters. The molecular weight excluding hydrogens is 392 g/mol. The van der Waals surface area contributed by atoms with Gasteiger partial charge < -0.3 is 14.8 Å². The first-order chi connectivity index (χ1) is 13.9. The fourth-order valence-corrected chi connectivity index (χ4v) is 5.13. The number of hydrogen-bond acceptors (Lipinski definition) is 5. The van der Waals surface area contributed by atoms with E-state index in [1.54, 1.807) is 12.1 Å². The zero-order chi connectivity index (χ0) is 20.4. The van der Waals surface area contributed by atoms with Gasteiger partial charge in [0, 0.05) is 18.7 Å². The molecule has 2 aliphatic heterocycles. The van der Waals surface area contributed by atoms with Crippen molar-refractivity contribution < 1.29 is 22.7 Å². The number of fused-ring (bicyclic) bond motifs is 1. The molecule has 0 aliphatic carbocycles. The van der Waals surface area contributed by atoms with E-state index in [2.05, 4.69) is 5.32 Å². The average molecular weight is 416 g/mol. The van der Waals surface area contributed by atoms with Gasteiger partial charge in [0.05, 0.1) is 10.9 Å². The number of ether oxygens (including phenoxy) is 2. The highest BCUT2D eigenvalue weighted by Gasteiger charge is 2.27. The van der Waals surface area contributed by atoms with Gasteiger partial charge in [-0.2, -0.15) is 4.31 Å². The lowest BCUT2D eigenvalue weighted by Gasteiger charge is -2.21. The molecule has 0 aromatic heterocycles. The van der Waals surface area contributed by atoms with Crippen molar-refractivity contribution in [1.29, 1.82) is 0 Å². The molecule has 8 heteroatoms. The standard InChI is InChI=1S/C21H24N2O5S/c1-15(16-7-8-19-20(14-16)28-12-11-27-19)22-21(24)17-5-4-6-18(13-17)29(25,26)23-9-2-3-10-23/h4-8,13-15H,2-3,9-12H2,1H3,(H,22,24). The van der Waals surface area contributed by atoms with E-state index in [1.807, 2.05) is 25.1 Å². The zero-order valence-electron chi connectivity index (χ0n) is 16.3. The smallest absolute Gasteiger partial charge is 0.251 e. The molecule has 1 amide bonds. The maximum Gasteiger partial charge on any atom is 0.251 e. The number of carbonyl (C=O) groups is 1. The highest BCUT2D eigenvalue weighted by atomic mass is 32.2. The molecule has 0 saturated carbocycles. The third-order valence-electron chi connectivity index (χ3n) is 5.21. The van der Waals surface area contributed by atoms with Gasteiger partial charge in [0.25, 0.3) is 5.91 Å². The summed E-state index contributed by atoms with van der Waals surface area (Å²) in [6.07, 6.45) is 1.74. The Morgan fingerprint density at radius 2 is 1.76 bits per heavy atom. The minimum absolute atomic E-state index is 0.152. The van der Waals surface area contributed by atoms with Gasteiger partial charge in [0.2, 0.25) is 10.0 Å². The summed E-state index contributed by atoms with van der Waals surface area (Å²) >= 11 is 0. The van der Waals surface area contributed by atoms with Gasteiger partial charge in [0.1, 0.15) is 13.2 Å². The third kappa shape index (κ3) is 4.09. The van der Waals surface area contributed by atoms with Crippen LogP contribution in [-0.2, 0) is 10.0 Å². The van der Waals surface area contributed by atoms with Crippen LogP contribution in [0.25, 0.3) is 0 Å². The summed E-state index contributed by atoms with van der Waals surface area (Å²) in [5, 5.41) is 2.92. The van der Waals surface area contributed by atoms with Crippen molar-refractivity contribution in [2.75, 3.05) is 26.3 Å². The fourth-order valence-electron chi connectivity index (χ4n) is 3.57. The van der Waals surface area contributed by atoms with Crippen molar-refractivity contribution in [2.24, 2.45) is 0 Å². The molecule has 0 spiro atoms. The Balaban J connectivity index is 1.50. The Morgan fingerprint density at radius 3 is 2.52 bits per heavy atom. The summed E-state index contributed by atoms with van der Waals surface area (Å²) < 4.78 is 38.1. The summed E-state index contributed by atoms with van der Waals surface area (Å²) in [6, 6.07) is 11.5. The zero-order valence-corrected chi connectivity index (χ0v) is 17.1. The van der Waals surface area contributed by atoms with E-state index in [1.165, 1.54) is 16.4 Å². The van der Waals surface area contributed by atoms with Crippen molar-refractivity contribution in [3.63, 3.8) is 0 Å². The first-order valence-corrected chi connectivity index (χ1v) is 11.2. The SMILES string of the molecule is CC(NC(=O)c1cccc(S(=O)(=O)N2CCCC2)c1)c1ccc2c(c1)OCCO2. The van der Waals surface area contributed by atoms with Crippen LogP contribution in [0.15, 0.2) is 47.4 Å². The number of benzene rings is 2. The highest BCUT2D eigenvalue weighted by molar-refractivity contribution is 7.89. The van der Waals surface area contributed by atoms with Gasteiger partial charge in [-0.3, -0.25) is 4.79 Å². The van der Waals surface area contributed by atoms with Crippen LogP contribution in [0.5, 0.6) is 11.5 Å².